The lowest BCUT2D eigenvalue weighted by molar-refractivity contribution is -0.144. The van der Waals surface area contributed by atoms with Crippen molar-refractivity contribution in [3.8, 4) is 11.5 Å². The fourth-order valence-electron chi connectivity index (χ4n) is 4.98. The molecule has 2 aromatic carbocycles. The summed E-state index contributed by atoms with van der Waals surface area (Å²) < 4.78 is 16.7. The van der Waals surface area contributed by atoms with E-state index in [4.69, 9.17) is 25.8 Å². The van der Waals surface area contributed by atoms with Gasteiger partial charge in [-0.25, -0.2) is 0 Å². The topological polar surface area (TPSA) is 73.9 Å². The molecule has 4 rings (SSSR count). The maximum absolute atomic E-state index is 13.4. The highest BCUT2D eigenvalue weighted by Crippen LogP contribution is 2.49. The predicted molar refractivity (Wildman–Crippen MR) is 134 cm³/mol. The molecular formula is C28H30ClNO5. The highest BCUT2D eigenvalue weighted by atomic mass is 35.5. The molecule has 0 spiro atoms. The van der Waals surface area contributed by atoms with Crippen molar-refractivity contribution >= 4 is 23.4 Å². The van der Waals surface area contributed by atoms with Crippen LogP contribution in [-0.2, 0) is 20.9 Å². The molecular weight excluding hydrogens is 466 g/mol. The monoisotopic (exact) mass is 495 g/mol. The van der Waals surface area contributed by atoms with Gasteiger partial charge in [0.05, 0.1) is 14.2 Å². The number of halogens is 1. The molecule has 0 amide bonds. The van der Waals surface area contributed by atoms with E-state index >= 15 is 0 Å². The maximum atomic E-state index is 13.4. The molecule has 0 bridgehead atoms. The number of hydrogen-bond acceptors (Lipinski definition) is 6. The van der Waals surface area contributed by atoms with Gasteiger partial charge < -0.3 is 19.5 Å². The molecule has 1 N–H and O–H groups in total. The maximum Gasteiger partial charge on any atom is 0.315 e. The summed E-state index contributed by atoms with van der Waals surface area (Å²) in [4.78, 5) is 26.2. The molecule has 7 heteroatoms. The van der Waals surface area contributed by atoms with Gasteiger partial charge in [-0.15, -0.1) is 0 Å². The van der Waals surface area contributed by atoms with E-state index in [9.17, 15) is 9.59 Å². The number of benzene rings is 2. The van der Waals surface area contributed by atoms with E-state index in [1.54, 1.807) is 13.2 Å². The molecule has 6 nitrogen and oxygen atoms in total. The Hall–Kier alpha value is -3.25. The molecule has 2 aliphatic rings. The van der Waals surface area contributed by atoms with Crippen molar-refractivity contribution < 1.29 is 23.8 Å². The summed E-state index contributed by atoms with van der Waals surface area (Å²) in [6.45, 7) is 8.51. The van der Waals surface area contributed by atoms with Crippen molar-refractivity contribution in [3.63, 3.8) is 0 Å². The predicted octanol–water partition coefficient (Wildman–Crippen LogP) is 5.56. The molecule has 184 valence electrons. The Kier molecular flexibility index (Phi) is 6.95. The summed E-state index contributed by atoms with van der Waals surface area (Å²) in [6.07, 6.45) is 1.09. The van der Waals surface area contributed by atoms with Crippen LogP contribution >= 0.6 is 11.6 Å². The first kappa shape index (κ1) is 24.9. The summed E-state index contributed by atoms with van der Waals surface area (Å²) in [5.74, 6) is -0.690. The Morgan fingerprint density at radius 3 is 2.57 bits per heavy atom. The van der Waals surface area contributed by atoms with E-state index in [1.165, 1.54) is 7.11 Å². The van der Waals surface area contributed by atoms with E-state index in [1.807, 2.05) is 36.4 Å². The molecule has 2 aromatic rings. The van der Waals surface area contributed by atoms with Crippen LogP contribution in [0, 0.1) is 11.3 Å². The Bertz CT molecular complexity index is 1220. The van der Waals surface area contributed by atoms with E-state index in [0.29, 0.717) is 40.6 Å². The fraction of sp³-hybridized carbons (Fsp3) is 0.357. The van der Waals surface area contributed by atoms with Crippen molar-refractivity contribution in [2.24, 2.45) is 11.3 Å². The molecule has 2 atom stereocenters. The lowest BCUT2D eigenvalue weighted by atomic mass is 9.66. The number of allylic oxidation sites excluding steroid dienone is 2. The smallest absolute Gasteiger partial charge is 0.315 e. The fourth-order valence-corrected chi connectivity index (χ4v) is 5.17. The first-order valence-corrected chi connectivity index (χ1v) is 11.9. The Morgan fingerprint density at radius 1 is 1.14 bits per heavy atom. The average Bonchev–Trinajstić information content (AvgIpc) is 2.81. The van der Waals surface area contributed by atoms with Crippen LogP contribution in [0.3, 0.4) is 0 Å². The van der Waals surface area contributed by atoms with Crippen molar-refractivity contribution in [1.29, 1.82) is 0 Å². The molecule has 0 saturated carbocycles. The second kappa shape index (κ2) is 9.78. The summed E-state index contributed by atoms with van der Waals surface area (Å²) in [6, 6.07) is 12.9. The van der Waals surface area contributed by atoms with Gasteiger partial charge >= 0.3 is 5.97 Å². The van der Waals surface area contributed by atoms with Gasteiger partial charge in [-0.05, 0) is 35.6 Å². The number of carbonyl (C=O) groups excluding carboxylic acids is 2. The van der Waals surface area contributed by atoms with Crippen molar-refractivity contribution in [3.05, 3.63) is 82.2 Å². The number of carbonyl (C=O) groups is 2. The molecule has 2 unspecified atom stereocenters. The van der Waals surface area contributed by atoms with Gasteiger partial charge in [0, 0.05) is 39.9 Å². The normalized spacial score (nSPS) is 21.2. The second-order valence-electron chi connectivity index (χ2n) is 9.75. The van der Waals surface area contributed by atoms with Gasteiger partial charge in [0.15, 0.2) is 17.3 Å². The zero-order valence-electron chi connectivity index (χ0n) is 20.4. The largest absolute Gasteiger partial charge is 0.493 e. The van der Waals surface area contributed by atoms with Crippen molar-refractivity contribution in [2.75, 3.05) is 14.2 Å². The first-order valence-electron chi connectivity index (χ1n) is 11.5. The molecule has 0 radical (unpaired) electrons. The third-order valence-corrected chi connectivity index (χ3v) is 6.96. The van der Waals surface area contributed by atoms with Gasteiger partial charge in [-0.1, -0.05) is 56.3 Å². The number of ether oxygens (including phenoxy) is 3. The third kappa shape index (κ3) is 4.94. The van der Waals surface area contributed by atoms with E-state index < -0.39 is 17.8 Å². The number of rotatable bonds is 6. The standard InChI is InChI=1S/C28H30ClNO5/c1-16-24(27(32)34-5)25(26-20(30-16)13-28(2,3)14-21(26)31)17-10-11-22(23(12-17)33-4)35-15-18-8-6-7-9-19(18)29/h6-12,24-25,30H,1,13-15H2,2-5H3. The van der Waals surface area contributed by atoms with Gasteiger partial charge in [0.25, 0.3) is 0 Å². The van der Waals surface area contributed by atoms with Crippen LogP contribution in [0.4, 0.5) is 0 Å². The lowest BCUT2D eigenvalue weighted by Gasteiger charge is -2.42. The van der Waals surface area contributed by atoms with E-state index in [0.717, 1.165) is 16.8 Å². The number of nitrogens with one attached hydrogen (secondary N) is 1. The minimum absolute atomic E-state index is 0.0214. The number of methoxy groups -OCH3 is 2. The molecule has 1 aliphatic carbocycles. The Balaban J connectivity index is 1.74. The Morgan fingerprint density at radius 2 is 1.89 bits per heavy atom. The zero-order chi connectivity index (χ0) is 25.3. The highest BCUT2D eigenvalue weighted by Gasteiger charge is 2.46. The molecule has 1 heterocycles. The SMILES string of the molecule is C=C1NC2=C(C(=O)CC(C)(C)C2)C(c2ccc(OCc3ccccc3Cl)c(OC)c2)C1C(=O)OC. The summed E-state index contributed by atoms with van der Waals surface area (Å²) in [5, 5.41) is 3.87. The number of Topliss-reactive ketones (excluding diaryl/α,β-unsaturated/α-hetero) is 1. The van der Waals surface area contributed by atoms with E-state index in [-0.39, 0.29) is 17.8 Å². The number of esters is 1. The Labute approximate surface area is 210 Å². The summed E-state index contributed by atoms with van der Waals surface area (Å²) in [5.41, 5.74) is 3.37. The minimum Gasteiger partial charge on any atom is -0.493 e. The van der Waals surface area contributed by atoms with Crippen LogP contribution in [0.1, 0.15) is 43.7 Å². The highest BCUT2D eigenvalue weighted by molar-refractivity contribution is 6.31. The molecule has 35 heavy (non-hydrogen) atoms. The van der Waals surface area contributed by atoms with Crippen LogP contribution in [0.5, 0.6) is 11.5 Å². The van der Waals surface area contributed by atoms with Gasteiger partial charge in [0.1, 0.15) is 12.5 Å². The summed E-state index contributed by atoms with van der Waals surface area (Å²) >= 11 is 6.26. The molecule has 0 fully saturated rings. The van der Waals surface area contributed by atoms with Crippen LogP contribution in [0.15, 0.2) is 66.0 Å². The van der Waals surface area contributed by atoms with Crippen LogP contribution in [0.2, 0.25) is 5.02 Å². The van der Waals surface area contributed by atoms with E-state index in [2.05, 4.69) is 25.7 Å². The number of hydrogen-bond donors (Lipinski definition) is 1. The molecule has 0 saturated heterocycles. The zero-order valence-corrected chi connectivity index (χ0v) is 21.2. The number of ketones is 1. The van der Waals surface area contributed by atoms with Gasteiger partial charge in [0.2, 0.25) is 0 Å². The first-order chi connectivity index (χ1) is 16.6. The van der Waals surface area contributed by atoms with Crippen LogP contribution < -0.4 is 14.8 Å². The third-order valence-electron chi connectivity index (χ3n) is 6.59. The van der Waals surface area contributed by atoms with Crippen molar-refractivity contribution in [2.45, 2.75) is 39.2 Å². The van der Waals surface area contributed by atoms with Crippen LogP contribution in [-0.4, -0.2) is 26.0 Å². The van der Waals surface area contributed by atoms with Gasteiger partial charge in [-0.2, -0.15) is 0 Å². The second-order valence-corrected chi connectivity index (χ2v) is 10.2. The van der Waals surface area contributed by atoms with Crippen LogP contribution in [0.25, 0.3) is 0 Å². The summed E-state index contributed by atoms with van der Waals surface area (Å²) in [7, 11) is 2.90. The quantitative estimate of drug-likeness (QED) is 0.529. The molecule has 1 aliphatic heterocycles. The average molecular weight is 496 g/mol. The molecule has 0 aromatic heterocycles. The van der Waals surface area contributed by atoms with Crippen molar-refractivity contribution in [1.82, 2.24) is 5.32 Å². The van der Waals surface area contributed by atoms with Gasteiger partial charge in [-0.3, -0.25) is 9.59 Å². The lowest BCUT2D eigenvalue weighted by Crippen LogP contribution is -2.43. The minimum atomic E-state index is -0.747.